The molecule has 0 amide bonds. The maximum atomic E-state index is 9.23. The van der Waals surface area contributed by atoms with E-state index in [0.717, 1.165) is 0 Å². The molecule has 0 rings (SSSR count). The van der Waals surface area contributed by atoms with Crippen LogP contribution < -0.4 is 0 Å². The van der Waals surface area contributed by atoms with Gasteiger partial charge in [-0.2, -0.15) is 0 Å². The molecular formula is C7H16O2S2. The molecule has 0 aromatic carbocycles. The Kier molecular flexibility index (Phi) is 6.52. The number of rotatable bonds is 5. The van der Waals surface area contributed by atoms with Crippen LogP contribution >= 0.6 is 21.6 Å². The molecule has 0 saturated heterocycles. The Bertz CT molecular complexity index is 96.4. The Labute approximate surface area is 76.5 Å². The first-order valence-electron chi connectivity index (χ1n) is 3.61. The first-order valence-corrected chi connectivity index (χ1v) is 6.23. The molecular weight excluding hydrogens is 180 g/mol. The van der Waals surface area contributed by atoms with Gasteiger partial charge in [-0.1, -0.05) is 21.6 Å². The molecule has 11 heavy (non-hydrogen) atoms. The molecule has 2 nitrogen and oxygen atoms in total. The van der Waals surface area contributed by atoms with Crippen molar-refractivity contribution in [3.05, 3.63) is 0 Å². The quantitative estimate of drug-likeness (QED) is 0.539. The van der Waals surface area contributed by atoms with Crippen LogP contribution in [0.3, 0.4) is 0 Å². The van der Waals surface area contributed by atoms with E-state index < -0.39 is 6.10 Å². The highest BCUT2D eigenvalue weighted by Gasteiger charge is 2.16. The van der Waals surface area contributed by atoms with Gasteiger partial charge in [-0.05, 0) is 27.0 Å². The highest BCUT2D eigenvalue weighted by molar-refractivity contribution is 8.76. The largest absolute Gasteiger partial charge is 0.390 e. The fourth-order valence-electron chi connectivity index (χ4n) is 0.580. The first kappa shape index (κ1) is 11.6. The fraction of sp³-hybridized carbons (Fsp3) is 1.00. The molecule has 2 unspecified atom stereocenters. The molecule has 0 aliphatic carbocycles. The predicted molar refractivity (Wildman–Crippen MR) is 52.8 cm³/mol. The first-order chi connectivity index (χ1) is 5.07. The second-order valence-corrected chi connectivity index (χ2v) is 5.12. The summed E-state index contributed by atoms with van der Waals surface area (Å²) in [5.41, 5.74) is -0.106. The van der Waals surface area contributed by atoms with Crippen molar-refractivity contribution < 1.29 is 9.84 Å². The Morgan fingerprint density at radius 3 is 2.09 bits per heavy atom. The molecule has 0 heterocycles. The van der Waals surface area contributed by atoms with Crippen molar-refractivity contribution in [2.75, 3.05) is 6.26 Å². The zero-order valence-electron chi connectivity index (χ0n) is 7.40. The predicted octanol–water partition coefficient (Wildman–Crippen LogP) is 2.13. The Balaban J connectivity index is 3.69. The smallest absolute Gasteiger partial charge is 0.138 e. The number of hydrogen-bond donors (Lipinski definition) is 1. The van der Waals surface area contributed by atoms with Gasteiger partial charge in [0.15, 0.2) is 0 Å². The van der Waals surface area contributed by atoms with E-state index in [9.17, 15) is 5.11 Å². The van der Waals surface area contributed by atoms with Gasteiger partial charge >= 0.3 is 0 Å². The molecule has 4 heteroatoms. The summed E-state index contributed by atoms with van der Waals surface area (Å²) in [6, 6.07) is 0. The minimum atomic E-state index is -0.408. The van der Waals surface area contributed by atoms with Crippen molar-refractivity contribution in [1.82, 2.24) is 0 Å². The normalized spacial score (nSPS) is 16.9. The zero-order chi connectivity index (χ0) is 8.85. The minimum absolute atomic E-state index is 0.106. The molecule has 0 fully saturated rings. The van der Waals surface area contributed by atoms with E-state index in [1.165, 1.54) is 0 Å². The van der Waals surface area contributed by atoms with Crippen LogP contribution in [0.4, 0.5) is 0 Å². The lowest BCUT2D eigenvalue weighted by molar-refractivity contribution is -0.00766. The third-order valence-electron chi connectivity index (χ3n) is 0.991. The maximum Gasteiger partial charge on any atom is 0.138 e. The van der Waals surface area contributed by atoms with Crippen LogP contribution in [0.5, 0.6) is 0 Å². The molecule has 0 radical (unpaired) electrons. The summed E-state index contributed by atoms with van der Waals surface area (Å²) in [6.45, 7) is 5.68. The van der Waals surface area contributed by atoms with Gasteiger partial charge in [0, 0.05) is 0 Å². The summed E-state index contributed by atoms with van der Waals surface area (Å²) in [5.74, 6) is 0. The van der Waals surface area contributed by atoms with E-state index in [-0.39, 0.29) is 11.5 Å². The van der Waals surface area contributed by atoms with Crippen LogP contribution in [0.2, 0.25) is 0 Å². The minimum Gasteiger partial charge on any atom is -0.390 e. The molecule has 0 saturated carbocycles. The second-order valence-electron chi connectivity index (χ2n) is 2.56. The Morgan fingerprint density at radius 1 is 1.27 bits per heavy atom. The Hall–Kier alpha value is 0.620. The number of hydrogen-bond acceptors (Lipinski definition) is 4. The molecule has 2 atom stereocenters. The van der Waals surface area contributed by atoms with Gasteiger partial charge in [0.25, 0.3) is 0 Å². The van der Waals surface area contributed by atoms with Crippen molar-refractivity contribution >= 4 is 21.6 Å². The fourth-order valence-corrected chi connectivity index (χ4v) is 2.39. The van der Waals surface area contributed by atoms with E-state index in [0.29, 0.717) is 0 Å². The third kappa shape index (κ3) is 5.84. The van der Waals surface area contributed by atoms with Gasteiger partial charge in [0.05, 0.1) is 12.2 Å². The van der Waals surface area contributed by atoms with Crippen LogP contribution in [-0.2, 0) is 4.74 Å². The highest BCUT2D eigenvalue weighted by Crippen LogP contribution is 2.27. The molecule has 0 aliphatic rings. The van der Waals surface area contributed by atoms with Gasteiger partial charge in [-0.25, -0.2) is 0 Å². The van der Waals surface area contributed by atoms with Gasteiger partial charge in [-0.15, -0.1) is 0 Å². The lowest BCUT2D eigenvalue weighted by Gasteiger charge is -2.20. The van der Waals surface area contributed by atoms with Gasteiger partial charge in [0.1, 0.15) is 5.44 Å². The molecule has 1 N–H and O–H groups in total. The van der Waals surface area contributed by atoms with E-state index in [1.54, 1.807) is 28.5 Å². The van der Waals surface area contributed by atoms with Crippen molar-refractivity contribution in [1.29, 1.82) is 0 Å². The number of aliphatic hydroxyl groups excluding tert-OH is 1. The monoisotopic (exact) mass is 196 g/mol. The van der Waals surface area contributed by atoms with Crippen LogP contribution in [0.25, 0.3) is 0 Å². The topological polar surface area (TPSA) is 29.5 Å². The summed E-state index contributed by atoms with van der Waals surface area (Å²) in [6.07, 6.45) is 1.74. The SMILES string of the molecule is CSSC(OC(C)C)C(C)O. The van der Waals surface area contributed by atoms with Crippen molar-refractivity contribution in [2.45, 2.75) is 38.4 Å². The highest BCUT2D eigenvalue weighted by atomic mass is 33.1. The average Bonchev–Trinajstić information content (AvgIpc) is 1.86. The average molecular weight is 196 g/mol. The second kappa shape index (κ2) is 6.17. The summed E-state index contributed by atoms with van der Waals surface area (Å²) < 4.78 is 5.44. The number of aliphatic hydroxyl groups is 1. The molecule has 0 aromatic rings. The molecule has 0 bridgehead atoms. The third-order valence-corrected chi connectivity index (χ3v) is 3.02. The molecule has 0 spiro atoms. The maximum absolute atomic E-state index is 9.23. The van der Waals surface area contributed by atoms with E-state index >= 15 is 0 Å². The number of ether oxygens (including phenoxy) is 1. The van der Waals surface area contributed by atoms with Crippen LogP contribution in [0, 0.1) is 0 Å². The summed E-state index contributed by atoms with van der Waals surface area (Å²) in [5, 5.41) is 9.23. The van der Waals surface area contributed by atoms with Gasteiger partial charge < -0.3 is 9.84 Å². The lowest BCUT2D eigenvalue weighted by Crippen LogP contribution is -2.25. The Morgan fingerprint density at radius 2 is 1.82 bits per heavy atom. The summed E-state index contributed by atoms with van der Waals surface area (Å²) in [4.78, 5) is 0. The van der Waals surface area contributed by atoms with Crippen molar-refractivity contribution in [2.24, 2.45) is 0 Å². The summed E-state index contributed by atoms with van der Waals surface area (Å²) >= 11 is 0. The molecule has 68 valence electrons. The zero-order valence-corrected chi connectivity index (χ0v) is 9.04. The summed E-state index contributed by atoms with van der Waals surface area (Å²) in [7, 11) is 3.17. The van der Waals surface area contributed by atoms with Crippen LogP contribution in [-0.4, -0.2) is 29.0 Å². The lowest BCUT2D eigenvalue weighted by atomic mass is 10.4. The van der Waals surface area contributed by atoms with Crippen LogP contribution in [0.1, 0.15) is 20.8 Å². The van der Waals surface area contributed by atoms with Gasteiger partial charge in [0.2, 0.25) is 0 Å². The molecule has 0 aromatic heterocycles. The van der Waals surface area contributed by atoms with Crippen molar-refractivity contribution in [3.63, 3.8) is 0 Å². The van der Waals surface area contributed by atoms with Crippen molar-refractivity contribution in [3.8, 4) is 0 Å². The standard InChI is InChI=1S/C7H16O2S2/c1-5(2)9-7(6(3)8)11-10-4/h5-8H,1-4H3. The molecule has 0 aliphatic heterocycles. The van der Waals surface area contributed by atoms with E-state index in [4.69, 9.17) is 4.74 Å². The van der Waals surface area contributed by atoms with Crippen LogP contribution in [0.15, 0.2) is 0 Å². The van der Waals surface area contributed by atoms with E-state index in [2.05, 4.69) is 0 Å². The van der Waals surface area contributed by atoms with E-state index in [1.807, 2.05) is 20.1 Å². The van der Waals surface area contributed by atoms with Gasteiger partial charge in [-0.3, -0.25) is 0 Å².